The molecule has 0 N–H and O–H groups in total. The first-order valence-electron chi connectivity index (χ1n) is 10.7. The van der Waals surface area contributed by atoms with E-state index in [1.165, 1.54) is 30.4 Å². The molecule has 10 heteroatoms. The molecule has 1 atom stereocenters. The number of carbonyl (C=O) groups is 1. The summed E-state index contributed by atoms with van der Waals surface area (Å²) in [4.78, 5) is 20.0. The largest absolute Gasteiger partial charge is 0.493 e. The fourth-order valence-corrected chi connectivity index (χ4v) is 3.80. The number of rotatable bonds is 8. The molecule has 0 spiro atoms. The van der Waals surface area contributed by atoms with Crippen molar-refractivity contribution in [3.05, 3.63) is 83.3 Å². The summed E-state index contributed by atoms with van der Waals surface area (Å²) in [6.45, 7) is 0.0328. The number of amides is 1. The summed E-state index contributed by atoms with van der Waals surface area (Å²) in [5, 5.41) is 4.16. The minimum Gasteiger partial charge on any atom is -0.493 e. The number of halogens is 3. The van der Waals surface area contributed by atoms with Gasteiger partial charge in [-0.15, -0.1) is 0 Å². The summed E-state index contributed by atoms with van der Waals surface area (Å²) < 4.78 is 55.3. The number of hydrogen-bond acceptors (Lipinski definition) is 6. The highest BCUT2D eigenvalue weighted by Gasteiger charge is 2.32. The summed E-state index contributed by atoms with van der Waals surface area (Å²) in [5.41, 5.74) is 0.975. The molecule has 0 aliphatic carbocycles. The van der Waals surface area contributed by atoms with E-state index >= 15 is 0 Å². The van der Waals surface area contributed by atoms with E-state index in [9.17, 15) is 18.0 Å². The maximum atomic E-state index is 13.2. The maximum Gasteiger partial charge on any atom is 0.416 e. The van der Waals surface area contributed by atoms with Gasteiger partial charge in [-0.1, -0.05) is 17.3 Å². The van der Waals surface area contributed by atoms with Crippen LogP contribution in [0.2, 0.25) is 0 Å². The van der Waals surface area contributed by atoms with Gasteiger partial charge in [0.1, 0.15) is 0 Å². The van der Waals surface area contributed by atoms with Gasteiger partial charge in [-0.25, -0.2) is 0 Å². The van der Waals surface area contributed by atoms with Gasteiger partial charge in [0, 0.05) is 18.5 Å². The van der Waals surface area contributed by atoms with Crippen molar-refractivity contribution in [1.82, 2.24) is 4.90 Å². The molecular formula is C25H23F3N2O5. The average molecular weight is 488 g/mol. The fraction of sp³-hybridized carbons (Fsp3) is 0.280. The van der Waals surface area contributed by atoms with Gasteiger partial charge in [0.25, 0.3) is 5.91 Å². The summed E-state index contributed by atoms with van der Waals surface area (Å²) in [5.74, 6) is 0.727. The summed E-state index contributed by atoms with van der Waals surface area (Å²) >= 11 is 0. The zero-order valence-electron chi connectivity index (χ0n) is 19.0. The lowest BCUT2D eigenvalue weighted by Gasteiger charge is -2.24. The van der Waals surface area contributed by atoms with Crippen LogP contribution in [0, 0.1) is 0 Å². The number of oxime groups is 1. The number of hydrogen-bond donors (Lipinski definition) is 0. The molecule has 1 aliphatic rings. The van der Waals surface area contributed by atoms with Crippen LogP contribution >= 0.6 is 0 Å². The Bertz CT molecular complexity index is 1210. The molecule has 7 nitrogen and oxygen atoms in total. The number of carbonyl (C=O) groups excluding carboxylic acids is 1. The molecule has 1 unspecified atom stereocenters. The Balaban J connectivity index is 1.51. The van der Waals surface area contributed by atoms with Crippen molar-refractivity contribution < 1.29 is 36.7 Å². The predicted octanol–water partition coefficient (Wildman–Crippen LogP) is 5.15. The van der Waals surface area contributed by atoms with Crippen molar-refractivity contribution in [3.8, 4) is 11.5 Å². The molecule has 0 bridgehead atoms. The molecule has 0 saturated heterocycles. The van der Waals surface area contributed by atoms with E-state index in [2.05, 4.69) is 5.16 Å². The second kappa shape index (κ2) is 10.1. The van der Waals surface area contributed by atoms with Crippen molar-refractivity contribution in [2.24, 2.45) is 5.16 Å². The van der Waals surface area contributed by atoms with Gasteiger partial charge in [0.15, 0.2) is 23.4 Å². The number of benzene rings is 2. The second-order valence-corrected chi connectivity index (χ2v) is 7.90. The molecule has 1 amide bonds. The van der Waals surface area contributed by atoms with Crippen LogP contribution in [-0.4, -0.2) is 43.4 Å². The topological polar surface area (TPSA) is 73.5 Å². The number of ether oxygens (including phenoxy) is 2. The minimum atomic E-state index is -4.48. The van der Waals surface area contributed by atoms with Crippen molar-refractivity contribution >= 4 is 11.6 Å². The molecule has 4 rings (SSSR count). The normalized spacial score (nSPS) is 15.3. The third kappa shape index (κ3) is 5.59. The first kappa shape index (κ1) is 24.2. The standard InChI is InChI=1S/C25H23F3N2O5/c1-32-21-9-8-17(12-23(21)33-2)20-13-19(35-29-20)15-30(24(31)22-7-4-10-34-22)14-16-5-3-6-18(11-16)25(26,27)28/h3-12,19H,13-15H2,1-2H3. The third-order valence-corrected chi connectivity index (χ3v) is 5.52. The lowest BCUT2D eigenvalue weighted by molar-refractivity contribution is -0.137. The number of furan rings is 1. The summed E-state index contributed by atoms with van der Waals surface area (Å²) in [7, 11) is 3.07. The number of methoxy groups -OCH3 is 2. The van der Waals surface area contributed by atoms with Gasteiger partial charge < -0.3 is 23.6 Å². The lowest BCUT2D eigenvalue weighted by Crippen LogP contribution is -2.37. The smallest absolute Gasteiger partial charge is 0.416 e. The second-order valence-electron chi connectivity index (χ2n) is 7.90. The Morgan fingerprint density at radius 1 is 1.09 bits per heavy atom. The molecule has 0 fully saturated rings. The molecule has 35 heavy (non-hydrogen) atoms. The highest BCUT2D eigenvalue weighted by atomic mass is 19.4. The molecule has 1 aromatic heterocycles. The molecule has 0 saturated carbocycles. The van der Waals surface area contributed by atoms with E-state index in [-0.39, 0.29) is 18.8 Å². The highest BCUT2D eigenvalue weighted by Crippen LogP contribution is 2.31. The first-order chi connectivity index (χ1) is 16.8. The van der Waals surface area contributed by atoms with Gasteiger partial charge >= 0.3 is 6.18 Å². The summed E-state index contributed by atoms with van der Waals surface area (Å²) in [6, 6.07) is 13.3. The van der Waals surface area contributed by atoms with Crippen LogP contribution in [0.1, 0.15) is 33.7 Å². The van der Waals surface area contributed by atoms with Crippen LogP contribution in [0.3, 0.4) is 0 Å². The van der Waals surface area contributed by atoms with Gasteiger partial charge in [0.2, 0.25) is 0 Å². The monoisotopic (exact) mass is 488 g/mol. The molecule has 1 aliphatic heterocycles. The zero-order valence-corrected chi connectivity index (χ0v) is 19.0. The Kier molecular flexibility index (Phi) is 6.99. The van der Waals surface area contributed by atoms with Gasteiger partial charge in [0.05, 0.1) is 38.3 Å². The Hall–Kier alpha value is -3.95. The molecule has 0 radical (unpaired) electrons. The maximum absolute atomic E-state index is 13.2. The van der Waals surface area contributed by atoms with E-state index in [0.29, 0.717) is 29.2 Å². The SMILES string of the molecule is COc1ccc(C2=NOC(CN(Cc3cccc(C(F)(F)F)c3)C(=O)c3ccco3)C2)cc1OC. The van der Waals surface area contributed by atoms with E-state index < -0.39 is 23.8 Å². The zero-order chi connectivity index (χ0) is 25.0. The highest BCUT2D eigenvalue weighted by molar-refractivity contribution is 6.01. The van der Waals surface area contributed by atoms with Crippen molar-refractivity contribution in [3.63, 3.8) is 0 Å². The van der Waals surface area contributed by atoms with Gasteiger partial charge in [-0.3, -0.25) is 4.79 Å². The van der Waals surface area contributed by atoms with Crippen LogP contribution in [0.25, 0.3) is 0 Å². The fourth-order valence-electron chi connectivity index (χ4n) is 3.80. The number of alkyl halides is 3. The van der Waals surface area contributed by atoms with Crippen molar-refractivity contribution in [2.45, 2.75) is 25.2 Å². The Morgan fingerprint density at radius 3 is 2.57 bits per heavy atom. The van der Waals surface area contributed by atoms with Crippen LogP contribution in [0.15, 0.2) is 70.4 Å². The van der Waals surface area contributed by atoms with Crippen LogP contribution < -0.4 is 9.47 Å². The molecule has 3 aromatic rings. The third-order valence-electron chi connectivity index (χ3n) is 5.52. The Morgan fingerprint density at radius 2 is 1.89 bits per heavy atom. The van der Waals surface area contributed by atoms with E-state index in [0.717, 1.165) is 17.7 Å². The van der Waals surface area contributed by atoms with Gasteiger partial charge in [-0.05, 0) is 48.0 Å². The quantitative estimate of drug-likeness (QED) is 0.439. The Labute approximate surface area is 199 Å². The molecule has 2 heterocycles. The lowest BCUT2D eigenvalue weighted by atomic mass is 10.0. The van der Waals surface area contributed by atoms with E-state index in [4.69, 9.17) is 18.7 Å². The number of nitrogens with zero attached hydrogens (tertiary/aromatic N) is 2. The van der Waals surface area contributed by atoms with Crippen LogP contribution in [0.4, 0.5) is 13.2 Å². The van der Waals surface area contributed by atoms with E-state index in [1.807, 2.05) is 6.07 Å². The van der Waals surface area contributed by atoms with Crippen molar-refractivity contribution in [1.29, 1.82) is 0 Å². The molecular weight excluding hydrogens is 465 g/mol. The molecule has 184 valence electrons. The van der Waals surface area contributed by atoms with Crippen molar-refractivity contribution in [2.75, 3.05) is 20.8 Å². The van der Waals surface area contributed by atoms with Crippen LogP contribution in [0.5, 0.6) is 11.5 Å². The summed E-state index contributed by atoms with van der Waals surface area (Å²) in [6.07, 6.45) is -3.23. The first-order valence-corrected chi connectivity index (χ1v) is 10.7. The van der Waals surface area contributed by atoms with Gasteiger partial charge in [-0.2, -0.15) is 13.2 Å². The van der Waals surface area contributed by atoms with Crippen LogP contribution in [-0.2, 0) is 17.6 Å². The predicted molar refractivity (Wildman–Crippen MR) is 120 cm³/mol. The molecule has 2 aromatic carbocycles. The average Bonchev–Trinajstić information content (AvgIpc) is 3.55. The minimum absolute atomic E-state index is 0.0605. The van der Waals surface area contributed by atoms with E-state index in [1.54, 1.807) is 31.4 Å².